The number of amides is 1. The first kappa shape index (κ1) is 24.4. The predicted octanol–water partition coefficient (Wildman–Crippen LogP) is 4.08. The smallest absolute Gasteiger partial charge is 0.267 e. The molecule has 36 heavy (non-hydrogen) atoms. The lowest BCUT2D eigenvalue weighted by Gasteiger charge is -2.35. The molecule has 3 aromatic carbocycles. The molecular weight excluding hydrogens is 502 g/mol. The van der Waals surface area contributed by atoms with Crippen LogP contribution in [0.4, 0.5) is 17.1 Å². The largest absolute Gasteiger partial charge is 0.476 e. The summed E-state index contributed by atoms with van der Waals surface area (Å²) in [6.07, 6.45) is -1.06. The molecule has 2 heterocycles. The summed E-state index contributed by atoms with van der Waals surface area (Å²) >= 11 is 6.17. The van der Waals surface area contributed by atoms with Gasteiger partial charge in [-0.15, -0.1) is 0 Å². The molecule has 1 atom stereocenters. The fourth-order valence-electron chi connectivity index (χ4n) is 4.23. The number of halogens is 1. The van der Waals surface area contributed by atoms with Gasteiger partial charge in [-0.05, 0) is 61.5 Å². The van der Waals surface area contributed by atoms with Crippen molar-refractivity contribution >= 4 is 44.6 Å². The number of anilines is 3. The van der Waals surface area contributed by atoms with E-state index in [9.17, 15) is 13.2 Å². The number of nitrogens with zero attached hydrogens (tertiary/aromatic N) is 2. The minimum absolute atomic E-state index is 0.124. The molecule has 0 unspecified atom stereocenters. The number of ether oxygens (including phenoxy) is 2. The Bertz CT molecular complexity index is 1360. The number of morpholine rings is 1. The van der Waals surface area contributed by atoms with E-state index in [0.717, 1.165) is 24.3 Å². The highest BCUT2D eigenvalue weighted by atomic mass is 35.5. The van der Waals surface area contributed by atoms with Gasteiger partial charge in [-0.3, -0.25) is 9.10 Å². The summed E-state index contributed by atoms with van der Waals surface area (Å²) in [6.45, 7) is 4.69. The number of hydrogen-bond donors (Lipinski definition) is 1. The van der Waals surface area contributed by atoms with Crippen LogP contribution in [0.25, 0.3) is 0 Å². The minimum atomic E-state index is -3.97. The number of benzene rings is 3. The molecule has 0 aromatic heterocycles. The Hall–Kier alpha value is -3.27. The first-order valence-corrected chi connectivity index (χ1v) is 13.4. The van der Waals surface area contributed by atoms with Crippen molar-refractivity contribution in [2.24, 2.45) is 0 Å². The van der Waals surface area contributed by atoms with Gasteiger partial charge in [-0.1, -0.05) is 29.3 Å². The summed E-state index contributed by atoms with van der Waals surface area (Å²) in [4.78, 5) is 15.5. The van der Waals surface area contributed by atoms with Gasteiger partial charge in [0.15, 0.2) is 6.10 Å². The highest BCUT2D eigenvalue weighted by molar-refractivity contribution is 7.92. The summed E-state index contributed by atoms with van der Waals surface area (Å²) in [5.41, 5.74) is 2.88. The lowest BCUT2D eigenvalue weighted by atomic mass is 10.2. The third-order valence-corrected chi connectivity index (χ3v) is 8.23. The number of nitrogens with one attached hydrogen (secondary N) is 1. The van der Waals surface area contributed by atoms with Crippen molar-refractivity contribution < 1.29 is 22.7 Å². The Labute approximate surface area is 215 Å². The van der Waals surface area contributed by atoms with E-state index in [0.29, 0.717) is 29.6 Å². The summed E-state index contributed by atoms with van der Waals surface area (Å²) in [5.74, 6) is -0.178. The van der Waals surface area contributed by atoms with Crippen molar-refractivity contribution in [2.45, 2.75) is 17.9 Å². The highest BCUT2D eigenvalue weighted by Crippen LogP contribution is 2.39. The maximum Gasteiger partial charge on any atom is 0.267 e. The zero-order chi connectivity index (χ0) is 25.3. The first-order valence-electron chi connectivity index (χ1n) is 11.6. The van der Waals surface area contributed by atoms with Crippen LogP contribution in [0.3, 0.4) is 0 Å². The summed E-state index contributed by atoms with van der Waals surface area (Å²) < 4.78 is 39.6. The topological polar surface area (TPSA) is 88.2 Å². The SMILES string of the molecule is Cc1ccc(S(=O)(=O)N2C[C@@H](C(=O)Nc3ccc(N4CCOCC4)cc3)Oc3ccc(Cl)cc32)cc1. The van der Waals surface area contributed by atoms with E-state index < -0.39 is 22.0 Å². The van der Waals surface area contributed by atoms with Crippen molar-refractivity contribution in [3.05, 3.63) is 77.3 Å². The summed E-state index contributed by atoms with van der Waals surface area (Å²) in [7, 11) is -3.97. The van der Waals surface area contributed by atoms with Crippen molar-refractivity contribution in [3.8, 4) is 5.75 Å². The first-order chi connectivity index (χ1) is 17.3. The molecule has 0 saturated carbocycles. The Morgan fingerprint density at radius 1 is 1.00 bits per heavy atom. The van der Waals surface area contributed by atoms with Crippen LogP contribution in [-0.4, -0.2) is 53.3 Å². The van der Waals surface area contributed by atoms with Gasteiger partial charge in [0.05, 0.1) is 30.3 Å². The van der Waals surface area contributed by atoms with Gasteiger partial charge in [-0.25, -0.2) is 8.42 Å². The van der Waals surface area contributed by atoms with Crippen LogP contribution in [-0.2, 0) is 19.6 Å². The number of carbonyl (C=O) groups is 1. The van der Waals surface area contributed by atoms with Gasteiger partial charge in [-0.2, -0.15) is 0 Å². The molecule has 0 spiro atoms. The maximum atomic E-state index is 13.6. The standard InChI is InChI=1S/C26H26ClN3O5S/c1-18-2-9-22(10-3-18)36(32,33)30-17-25(35-24-11-4-19(27)16-23(24)30)26(31)28-20-5-7-21(8-6-20)29-12-14-34-15-13-29/h2-11,16,25H,12-15,17H2,1H3,(H,28,31)/t25-/m0/s1. The summed E-state index contributed by atoms with van der Waals surface area (Å²) in [5, 5.41) is 3.21. The van der Waals surface area contributed by atoms with Gasteiger partial charge >= 0.3 is 0 Å². The van der Waals surface area contributed by atoms with Crippen molar-refractivity contribution in [2.75, 3.05) is 47.4 Å². The van der Waals surface area contributed by atoms with Crippen LogP contribution in [0.2, 0.25) is 5.02 Å². The van der Waals surface area contributed by atoms with Crippen LogP contribution in [0, 0.1) is 6.92 Å². The Kier molecular flexibility index (Phi) is 6.79. The van der Waals surface area contributed by atoms with E-state index in [4.69, 9.17) is 21.1 Å². The molecule has 10 heteroatoms. The third-order valence-electron chi connectivity index (χ3n) is 6.20. The van der Waals surface area contributed by atoms with Crippen LogP contribution < -0.4 is 19.3 Å². The molecule has 1 N–H and O–H groups in total. The fraction of sp³-hybridized carbons (Fsp3) is 0.269. The van der Waals surface area contributed by atoms with Gasteiger partial charge < -0.3 is 19.7 Å². The van der Waals surface area contributed by atoms with E-state index in [2.05, 4.69) is 10.2 Å². The molecule has 0 aliphatic carbocycles. The Morgan fingerprint density at radius 2 is 1.69 bits per heavy atom. The molecule has 0 radical (unpaired) electrons. The molecule has 1 saturated heterocycles. The molecule has 3 aromatic rings. The lowest BCUT2D eigenvalue weighted by Crippen LogP contribution is -2.48. The second-order valence-electron chi connectivity index (χ2n) is 8.70. The van der Waals surface area contributed by atoms with Crippen LogP contribution in [0.15, 0.2) is 71.6 Å². The molecular formula is C26H26ClN3O5S. The molecule has 2 aliphatic rings. The number of carbonyl (C=O) groups excluding carboxylic acids is 1. The zero-order valence-electron chi connectivity index (χ0n) is 19.7. The van der Waals surface area contributed by atoms with E-state index in [-0.39, 0.29) is 17.2 Å². The third kappa shape index (κ3) is 5.00. The van der Waals surface area contributed by atoms with Gasteiger partial charge in [0.25, 0.3) is 15.9 Å². The normalized spacial score (nSPS) is 17.8. The van der Waals surface area contributed by atoms with Crippen LogP contribution in [0.1, 0.15) is 5.56 Å². The second-order valence-corrected chi connectivity index (χ2v) is 11.0. The number of aryl methyl sites for hydroxylation is 1. The lowest BCUT2D eigenvalue weighted by molar-refractivity contribution is -0.122. The number of rotatable bonds is 5. The fourth-order valence-corrected chi connectivity index (χ4v) is 5.86. The van der Waals surface area contributed by atoms with E-state index >= 15 is 0 Å². The van der Waals surface area contributed by atoms with Gasteiger partial charge in [0, 0.05) is 29.5 Å². The molecule has 8 nitrogen and oxygen atoms in total. The average Bonchev–Trinajstić information content (AvgIpc) is 2.89. The number of fused-ring (bicyclic) bond motifs is 1. The average molecular weight is 528 g/mol. The van der Waals surface area contributed by atoms with Crippen LogP contribution >= 0.6 is 11.6 Å². The van der Waals surface area contributed by atoms with Crippen molar-refractivity contribution in [1.82, 2.24) is 0 Å². The molecule has 1 fully saturated rings. The molecule has 0 bridgehead atoms. The monoisotopic (exact) mass is 527 g/mol. The quantitative estimate of drug-likeness (QED) is 0.538. The Morgan fingerprint density at radius 3 is 2.39 bits per heavy atom. The zero-order valence-corrected chi connectivity index (χ0v) is 21.3. The van der Waals surface area contributed by atoms with Gasteiger partial charge in [0.1, 0.15) is 5.75 Å². The van der Waals surface area contributed by atoms with Crippen molar-refractivity contribution in [3.63, 3.8) is 0 Å². The van der Waals surface area contributed by atoms with E-state index in [1.807, 2.05) is 31.2 Å². The Balaban J connectivity index is 1.38. The summed E-state index contributed by atoms with van der Waals surface area (Å²) in [6, 6.07) is 18.8. The molecule has 1 amide bonds. The van der Waals surface area contributed by atoms with Crippen molar-refractivity contribution in [1.29, 1.82) is 0 Å². The van der Waals surface area contributed by atoms with E-state index in [1.54, 1.807) is 36.4 Å². The van der Waals surface area contributed by atoms with E-state index in [1.165, 1.54) is 10.4 Å². The molecule has 5 rings (SSSR count). The predicted molar refractivity (Wildman–Crippen MR) is 140 cm³/mol. The second kappa shape index (κ2) is 10.0. The number of sulfonamides is 1. The highest BCUT2D eigenvalue weighted by Gasteiger charge is 2.37. The van der Waals surface area contributed by atoms with Crippen LogP contribution in [0.5, 0.6) is 5.75 Å². The number of hydrogen-bond acceptors (Lipinski definition) is 6. The minimum Gasteiger partial charge on any atom is -0.476 e. The molecule has 2 aliphatic heterocycles. The maximum absolute atomic E-state index is 13.6. The molecule has 188 valence electrons. The van der Waals surface area contributed by atoms with Gasteiger partial charge in [0.2, 0.25) is 0 Å².